The van der Waals surface area contributed by atoms with Crippen molar-refractivity contribution in [1.29, 1.82) is 0 Å². The zero-order chi connectivity index (χ0) is 16.4. The molecule has 1 heterocycles. The Kier molecular flexibility index (Phi) is 3.89. The third-order valence-corrected chi connectivity index (χ3v) is 3.33. The van der Waals surface area contributed by atoms with Gasteiger partial charge in [0.2, 0.25) is 6.29 Å². The molecule has 0 radical (unpaired) electrons. The van der Waals surface area contributed by atoms with Crippen molar-refractivity contribution in [3.63, 3.8) is 0 Å². The van der Waals surface area contributed by atoms with Gasteiger partial charge in [0.25, 0.3) is 5.91 Å². The number of carbonyl (C=O) groups excluding carboxylic acids is 1. The SMILES string of the molecule is CC1Oc2ccc(NC(=O)c3cccc(CC(=O)O)c3)cc2O1. The molecular formula is C17H15NO5. The van der Waals surface area contributed by atoms with E-state index in [1.54, 1.807) is 49.4 Å². The van der Waals surface area contributed by atoms with Crippen LogP contribution in [0, 0.1) is 0 Å². The quantitative estimate of drug-likeness (QED) is 0.906. The Morgan fingerprint density at radius 3 is 2.70 bits per heavy atom. The summed E-state index contributed by atoms with van der Waals surface area (Å²) < 4.78 is 10.9. The van der Waals surface area contributed by atoms with Gasteiger partial charge in [-0.2, -0.15) is 0 Å². The summed E-state index contributed by atoms with van der Waals surface area (Å²) in [5, 5.41) is 11.6. The fraction of sp³-hybridized carbons (Fsp3) is 0.176. The molecule has 2 N–H and O–H groups in total. The molecule has 23 heavy (non-hydrogen) atoms. The highest BCUT2D eigenvalue weighted by Crippen LogP contribution is 2.36. The zero-order valence-corrected chi connectivity index (χ0v) is 12.4. The monoisotopic (exact) mass is 313 g/mol. The molecule has 0 aliphatic carbocycles. The topological polar surface area (TPSA) is 84.9 Å². The number of benzene rings is 2. The Morgan fingerprint density at radius 1 is 1.13 bits per heavy atom. The maximum absolute atomic E-state index is 12.3. The van der Waals surface area contributed by atoms with Crippen LogP contribution in [0.25, 0.3) is 0 Å². The van der Waals surface area contributed by atoms with Crippen molar-refractivity contribution in [3.8, 4) is 11.5 Å². The maximum atomic E-state index is 12.3. The fourth-order valence-electron chi connectivity index (χ4n) is 2.36. The first kappa shape index (κ1) is 14.9. The third-order valence-electron chi connectivity index (χ3n) is 3.33. The predicted molar refractivity (Wildman–Crippen MR) is 82.9 cm³/mol. The molecule has 0 saturated carbocycles. The number of nitrogens with one attached hydrogen (secondary N) is 1. The number of anilines is 1. The molecule has 1 aliphatic rings. The number of carbonyl (C=O) groups is 2. The minimum atomic E-state index is -0.938. The van der Waals surface area contributed by atoms with E-state index in [-0.39, 0.29) is 18.6 Å². The van der Waals surface area contributed by atoms with E-state index in [1.165, 1.54) is 0 Å². The molecule has 0 saturated heterocycles. The molecule has 1 aliphatic heterocycles. The van der Waals surface area contributed by atoms with Crippen LogP contribution in [-0.4, -0.2) is 23.3 Å². The molecule has 2 aromatic carbocycles. The average molecular weight is 313 g/mol. The van der Waals surface area contributed by atoms with Gasteiger partial charge in [0.1, 0.15) is 0 Å². The summed E-state index contributed by atoms with van der Waals surface area (Å²) in [7, 11) is 0. The lowest BCUT2D eigenvalue weighted by Gasteiger charge is -2.07. The lowest BCUT2D eigenvalue weighted by Crippen LogP contribution is -2.12. The van der Waals surface area contributed by atoms with Gasteiger partial charge in [-0.15, -0.1) is 0 Å². The van der Waals surface area contributed by atoms with Crippen LogP contribution >= 0.6 is 0 Å². The van der Waals surface area contributed by atoms with Crippen LogP contribution in [-0.2, 0) is 11.2 Å². The number of carboxylic acids is 1. The maximum Gasteiger partial charge on any atom is 0.307 e. The average Bonchev–Trinajstić information content (AvgIpc) is 2.86. The number of carboxylic acid groups (broad SMARTS) is 1. The van der Waals surface area contributed by atoms with Crippen LogP contribution < -0.4 is 14.8 Å². The fourth-order valence-corrected chi connectivity index (χ4v) is 2.36. The van der Waals surface area contributed by atoms with Crippen molar-refractivity contribution in [2.75, 3.05) is 5.32 Å². The van der Waals surface area contributed by atoms with Crippen molar-refractivity contribution in [2.24, 2.45) is 0 Å². The van der Waals surface area contributed by atoms with Crippen molar-refractivity contribution in [3.05, 3.63) is 53.6 Å². The van der Waals surface area contributed by atoms with E-state index >= 15 is 0 Å². The molecule has 1 unspecified atom stereocenters. The van der Waals surface area contributed by atoms with E-state index < -0.39 is 5.97 Å². The Morgan fingerprint density at radius 2 is 1.91 bits per heavy atom. The Hall–Kier alpha value is -3.02. The number of ether oxygens (including phenoxy) is 2. The van der Waals surface area contributed by atoms with E-state index in [2.05, 4.69) is 5.32 Å². The van der Waals surface area contributed by atoms with Crippen molar-refractivity contribution in [2.45, 2.75) is 19.6 Å². The second-order valence-electron chi connectivity index (χ2n) is 5.19. The number of hydrogen-bond acceptors (Lipinski definition) is 4. The summed E-state index contributed by atoms with van der Waals surface area (Å²) in [5.41, 5.74) is 1.55. The van der Waals surface area contributed by atoms with Gasteiger partial charge in [0.15, 0.2) is 11.5 Å². The van der Waals surface area contributed by atoms with E-state index in [9.17, 15) is 9.59 Å². The van der Waals surface area contributed by atoms with Crippen LogP contribution in [0.5, 0.6) is 11.5 Å². The molecule has 0 spiro atoms. The number of hydrogen-bond donors (Lipinski definition) is 2. The van der Waals surface area contributed by atoms with Gasteiger partial charge in [-0.3, -0.25) is 9.59 Å². The van der Waals surface area contributed by atoms with Gasteiger partial charge < -0.3 is 19.9 Å². The molecule has 1 atom stereocenters. The number of amides is 1. The normalized spacial score (nSPS) is 15.3. The van der Waals surface area contributed by atoms with E-state index in [0.717, 1.165) is 0 Å². The second-order valence-corrected chi connectivity index (χ2v) is 5.19. The molecule has 2 aromatic rings. The van der Waals surface area contributed by atoms with Crippen LogP contribution in [0.1, 0.15) is 22.8 Å². The van der Waals surface area contributed by atoms with Crippen LogP contribution in [0.2, 0.25) is 0 Å². The van der Waals surface area contributed by atoms with E-state index in [1.807, 2.05) is 0 Å². The Labute approximate surface area is 132 Å². The zero-order valence-electron chi connectivity index (χ0n) is 12.4. The lowest BCUT2D eigenvalue weighted by atomic mass is 10.1. The minimum Gasteiger partial charge on any atom is -0.481 e. The van der Waals surface area contributed by atoms with Gasteiger partial charge in [0, 0.05) is 24.2 Å². The highest BCUT2D eigenvalue weighted by Gasteiger charge is 2.20. The van der Waals surface area contributed by atoms with E-state index in [4.69, 9.17) is 14.6 Å². The summed E-state index contributed by atoms with van der Waals surface area (Å²) in [6, 6.07) is 11.7. The summed E-state index contributed by atoms with van der Waals surface area (Å²) in [5.74, 6) is -0.0366. The largest absolute Gasteiger partial charge is 0.481 e. The number of fused-ring (bicyclic) bond motifs is 1. The van der Waals surface area contributed by atoms with Crippen LogP contribution in [0.4, 0.5) is 5.69 Å². The molecule has 1 amide bonds. The molecule has 0 aromatic heterocycles. The third kappa shape index (κ3) is 3.42. The molecule has 0 bridgehead atoms. The number of aliphatic carboxylic acids is 1. The van der Waals surface area contributed by atoms with Gasteiger partial charge >= 0.3 is 5.97 Å². The van der Waals surface area contributed by atoms with Crippen molar-refractivity contribution in [1.82, 2.24) is 0 Å². The first-order valence-electron chi connectivity index (χ1n) is 7.11. The highest BCUT2D eigenvalue weighted by atomic mass is 16.7. The predicted octanol–water partition coefficient (Wildman–Crippen LogP) is 2.68. The van der Waals surface area contributed by atoms with Crippen molar-refractivity contribution >= 4 is 17.6 Å². The molecule has 6 nitrogen and oxygen atoms in total. The van der Waals surface area contributed by atoms with Crippen LogP contribution in [0.15, 0.2) is 42.5 Å². The Bertz CT molecular complexity index is 771. The smallest absolute Gasteiger partial charge is 0.307 e. The van der Waals surface area contributed by atoms with Crippen LogP contribution in [0.3, 0.4) is 0 Å². The second kappa shape index (κ2) is 6.00. The summed E-state index contributed by atoms with van der Waals surface area (Å²) in [6.45, 7) is 1.78. The summed E-state index contributed by atoms with van der Waals surface area (Å²) in [4.78, 5) is 23.0. The van der Waals surface area contributed by atoms with E-state index in [0.29, 0.717) is 28.3 Å². The molecule has 0 fully saturated rings. The van der Waals surface area contributed by atoms with Crippen molar-refractivity contribution < 1.29 is 24.2 Å². The minimum absolute atomic E-state index is 0.122. The summed E-state index contributed by atoms with van der Waals surface area (Å²) in [6.07, 6.45) is -0.466. The molecule has 118 valence electrons. The standard InChI is InChI=1S/C17H15NO5/c1-10-22-14-6-5-13(9-15(14)23-10)18-17(21)12-4-2-3-11(7-12)8-16(19)20/h2-7,9-10H,8H2,1H3,(H,18,21)(H,19,20). The van der Waals surface area contributed by atoms with Gasteiger partial charge in [-0.25, -0.2) is 0 Å². The molecule has 6 heteroatoms. The summed E-state index contributed by atoms with van der Waals surface area (Å²) >= 11 is 0. The highest BCUT2D eigenvalue weighted by molar-refractivity contribution is 6.04. The van der Waals surface area contributed by atoms with Gasteiger partial charge in [-0.1, -0.05) is 12.1 Å². The lowest BCUT2D eigenvalue weighted by molar-refractivity contribution is -0.136. The van der Waals surface area contributed by atoms with Gasteiger partial charge in [-0.05, 0) is 29.8 Å². The Balaban J connectivity index is 1.75. The first-order valence-corrected chi connectivity index (χ1v) is 7.11. The molecule has 3 rings (SSSR count). The number of rotatable bonds is 4. The molecular weight excluding hydrogens is 298 g/mol. The first-order chi connectivity index (χ1) is 11.0. The van der Waals surface area contributed by atoms with Gasteiger partial charge in [0.05, 0.1) is 6.42 Å².